The van der Waals surface area contributed by atoms with Crippen molar-refractivity contribution in [2.24, 2.45) is 0 Å². The van der Waals surface area contributed by atoms with Gasteiger partial charge >= 0.3 is 0 Å². The van der Waals surface area contributed by atoms with Crippen LogP contribution in [0.4, 0.5) is 10.1 Å². The molecule has 2 rings (SSSR count). The lowest BCUT2D eigenvalue weighted by Crippen LogP contribution is -2.41. The van der Waals surface area contributed by atoms with Gasteiger partial charge in [-0.25, -0.2) is 17.8 Å². The number of sulfonamides is 1. The molecule has 0 aliphatic carbocycles. The van der Waals surface area contributed by atoms with Gasteiger partial charge in [-0.3, -0.25) is 0 Å². The van der Waals surface area contributed by atoms with Crippen molar-refractivity contribution in [2.45, 2.75) is 31.2 Å². The summed E-state index contributed by atoms with van der Waals surface area (Å²) in [4.78, 5) is 3.64. The molecule has 1 aromatic heterocycles. The lowest BCUT2D eigenvalue weighted by Gasteiger charge is -2.24. The van der Waals surface area contributed by atoms with Crippen molar-refractivity contribution < 1.29 is 12.8 Å². The maximum Gasteiger partial charge on any atom is 0.244 e. The van der Waals surface area contributed by atoms with Crippen LogP contribution in [-0.2, 0) is 15.6 Å². The van der Waals surface area contributed by atoms with E-state index in [-0.39, 0.29) is 11.3 Å². The van der Waals surface area contributed by atoms with E-state index >= 15 is 0 Å². The van der Waals surface area contributed by atoms with Gasteiger partial charge in [0, 0.05) is 17.3 Å². The summed E-state index contributed by atoms with van der Waals surface area (Å²) in [6.07, 6.45) is 1.58. The standard InChI is InChI=1S/C13H16FN3O2S2/c1-8-6-9(15)7-10(11(8)14)21(18,19)17-13(2,3)12-16-4-5-20-12/h4-7,17H,15H2,1-3H3. The van der Waals surface area contributed by atoms with E-state index in [0.29, 0.717) is 5.01 Å². The van der Waals surface area contributed by atoms with E-state index in [9.17, 15) is 12.8 Å². The van der Waals surface area contributed by atoms with Crippen LogP contribution in [0.25, 0.3) is 0 Å². The first-order chi connectivity index (χ1) is 9.63. The van der Waals surface area contributed by atoms with E-state index in [1.807, 2.05) is 0 Å². The summed E-state index contributed by atoms with van der Waals surface area (Å²) in [6, 6.07) is 2.50. The SMILES string of the molecule is Cc1cc(N)cc(S(=O)(=O)NC(C)(C)c2nccs2)c1F. The molecule has 0 spiro atoms. The molecule has 0 saturated carbocycles. The zero-order valence-corrected chi connectivity index (χ0v) is 13.5. The number of aryl methyl sites for hydroxylation is 1. The average Bonchev–Trinajstić information content (AvgIpc) is 2.86. The van der Waals surface area contributed by atoms with Crippen LogP contribution in [0.15, 0.2) is 28.6 Å². The zero-order valence-electron chi connectivity index (χ0n) is 11.8. The minimum absolute atomic E-state index is 0.183. The summed E-state index contributed by atoms with van der Waals surface area (Å²) >= 11 is 1.32. The molecule has 8 heteroatoms. The zero-order chi connectivity index (χ0) is 15.8. The average molecular weight is 329 g/mol. The second-order valence-electron chi connectivity index (χ2n) is 5.22. The number of nitrogen functional groups attached to an aromatic ring is 1. The number of nitrogens with one attached hydrogen (secondary N) is 1. The maximum absolute atomic E-state index is 14.1. The minimum Gasteiger partial charge on any atom is -0.399 e. The van der Waals surface area contributed by atoms with Gasteiger partial charge in [0.2, 0.25) is 10.0 Å². The van der Waals surface area contributed by atoms with E-state index in [1.165, 1.54) is 24.3 Å². The number of nitrogens with zero attached hydrogens (tertiary/aromatic N) is 1. The predicted molar refractivity (Wildman–Crippen MR) is 81.0 cm³/mol. The van der Waals surface area contributed by atoms with Crippen molar-refractivity contribution >= 4 is 27.0 Å². The molecule has 3 N–H and O–H groups in total. The molecule has 0 unspecified atom stereocenters. The molecule has 0 fully saturated rings. The number of hydrogen-bond donors (Lipinski definition) is 2. The number of anilines is 1. The third kappa shape index (κ3) is 3.22. The lowest BCUT2D eigenvalue weighted by molar-refractivity contribution is 0.465. The molecule has 0 saturated heterocycles. The second kappa shape index (κ2) is 5.36. The van der Waals surface area contributed by atoms with Crippen LogP contribution in [0.5, 0.6) is 0 Å². The summed E-state index contributed by atoms with van der Waals surface area (Å²) < 4.78 is 41.5. The molecule has 0 aliphatic heterocycles. The predicted octanol–water partition coefficient (Wildman–Crippen LogP) is 2.39. The Morgan fingerprint density at radius 2 is 2.05 bits per heavy atom. The third-order valence-corrected chi connectivity index (χ3v) is 5.64. The first kappa shape index (κ1) is 15.9. The first-order valence-electron chi connectivity index (χ1n) is 6.13. The van der Waals surface area contributed by atoms with Crippen LogP contribution in [0.1, 0.15) is 24.4 Å². The van der Waals surface area contributed by atoms with Gasteiger partial charge in [-0.2, -0.15) is 4.72 Å². The van der Waals surface area contributed by atoms with Gasteiger partial charge in [0.05, 0.1) is 5.54 Å². The number of aromatic nitrogens is 1. The highest BCUT2D eigenvalue weighted by atomic mass is 32.2. The van der Waals surface area contributed by atoms with Crippen LogP contribution >= 0.6 is 11.3 Å². The summed E-state index contributed by atoms with van der Waals surface area (Å²) in [5.74, 6) is -0.799. The van der Waals surface area contributed by atoms with E-state index < -0.39 is 26.3 Å². The molecule has 0 radical (unpaired) electrons. The Kier molecular flexibility index (Phi) is 4.05. The fourth-order valence-corrected chi connectivity index (χ4v) is 4.28. The number of thiazole rings is 1. The monoisotopic (exact) mass is 329 g/mol. The van der Waals surface area contributed by atoms with Gasteiger partial charge in [-0.05, 0) is 38.5 Å². The third-order valence-electron chi connectivity index (χ3n) is 2.89. The topological polar surface area (TPSA) is 85.1 Å². The molecule has 0 aliphatic rings. The number of hydrogen-bond acceptors (Lipinski definition) is 5. The largest absolute Gasteiger partial charge is 0.399 e. The van der Waals surface area contributed by atoms with Gasteiger partial charge in [0.1, 0.15) is 15.7 Å². The molecule has 114 valence electrons. The number of rotatable bonds is 4. The molecule has 1 heterocycles. The van der Waals surface area contributed by atoms with Crippen LogP contribution in [0.3, 0.4) is 0 Å². The smallest absolute Gasteiger partial charge is 0.244 e. The van der Waals surface area contributed by atoms with Crippen LogP contribution in [0, 0.1) is 12.7 Å². The van der Waals surface area contributed by atoms with Gasteiger partial charge in [0.15, 0.2) is 0 Å². The van der Waals surface area contributed by atoms with Crippen LogP contribution < -0.4 is 10.5 Å². The van der Waals surface area contributed by atoms with Crippen molar-refractivity contribution in [1.82, 2.24) is 9.71 Å². The van der Waals surface area contributed by atoms with Crippen LogP contribution in [0.2, 0.25) is 0 Å². The molecular weight excluding hydrogens is 313 g/mol. The van der Waals surface area contributed by atoms with Gasteiger partial charge < -0.3 is 5.73 Å². The molecule has 1 aromatic carbocycles. The van der Waals surface area contributed by atoms with Crippen LogP contribution in [-0.4, -0.2) is 13.4 Å². The summed E-state index contributed by atoms with van der Waals surface area (Å²) in [6.45, 7) is 4.80. The fraction of sp³-hybridized carbons (Fsp3) is 0.308. The molecule has 21 heavy (non-hydrogen) atoms. The van der Waals surface area contributed by atoms with Crippen molar-refractivity contribution in [3.8, 4) is 0 Å². The van der Waals surface area contributed by atoms with E-state index in [0.717, 1.165) is 6.07 Å². The van der Waals surface area contributed by atoms with Gasteiger partial charge in [-0.1, -0.05) is 0 Å². The van der Waals surface area contributed by atoms with Gasteiger partial charge in [-0.15, -0.1) is 11.3 Å². The molecule has 0 amide bonds. The maximum atomic E-state index is 14.1. The van der Waals surface area contributed by atoms with Crippen molar-refractivity contribution in [3.05, 3.63) is 40.1 Å². The number of benzene rings is 1. The fourth-order valence-electron chi connectivity index (χ4n) is 1.93. The lowest BCUT2D eigenvalue weighted by atomic mass is 10.1. The molecule has 2 aromatic rings. The minimum atomic E-state index is -4.06. The summed E-state index contributed by atoms with van der Waals surface area (Å²) in [5.41, 5.74) is 5.05. The molecule has 5 nitrogen and oxygen atoms in total. The number of halogens is 1. The molecular formula is C13H16FN3O2S2. The molecule has 0 atom stereocenters. The highest BCUT2D eigenvalue weighted by Gasteiger charge is 2.32. The van der Waals surface area contributed by atoms with Crippen molar-refractivity contribution in [2.75, 3.05) is 5.73 Å². The quantitative estimate of drug-likeness (QED) is 0.844. The van der Waals surface area contributed by atoms with Crippen molar-refractivity contribution in [1.29, 1.82) is 0 Å². The van der Waals surface area contributed by atoms with E-state index in [4.69, 9.17) is 5.73 Å². The summed E-state index contributed by atoms with van der Waals surface area (Å²) in [7, 11) is -4.06. The van der Waals surface area contributed by atoms with Crippen molar-refractivity contribution in [3.63, 3.8) is 0 Å². The highest BCUT2D eigenvalue weighted by Crippen LogP contribution is 2.27. The van der Waals surface area contributed by atoms with E-state index in [2.05, 4.69) is 9.71 Å². The normalized spacial score (nSPS) is 12.6. The Labute approximate surface area is 127 Å². The number of nitrogens with two attached hydrogens (primary N) is 1. The van der Waals surface area contributed by atoms with Gasteiger partial charge in [0.25, 0.3) is 0 Å². The summed E-state index contributed by atoms with van der Waals surface area (Å²) in [5, 5.41) is 2.34. The highest BCUT2D eigenvalue weighted by molar-refractivity contribution is 7.89. The Hall–Kier alpha value is -1.51. The Morgan fingerprint density at radius 3 is 2.62 bits per heavy atom. The molecule has 0 bridgehead atoms. The Morgan fingerprint density at radius 1 is 1.38 bits per heavy atom. The van der Waals surface area contributed by atoms with E-state index in [1.54, 1.807) is 25.4 Å². The Balaban J connectivity index is 2.44. The Bertz CT molecular complexity index is 756. The first-order valence-corrected chi connectivity index (χ1v) is 8.49. The second-order valence-corrected chi connectivity index (χ2v) is 7.76.